The molecule has 5 nitrogen and oxygen atoms in total. The number of rotatable bonds is 7. The minimum atomic E-state index is -3.93. The molecule has 0 radical (unpaired) electrons. The molecule has 0 fully saturated rings. The lowest BCUT2D eigenvalue weighted by Crippen LogP contribution is -2.41. The van der Waals surface area contributed by atoms with Gasteiger partial charge in [0.05, 0.1) is 16.6 Å². The number of anilines is 1. The Balaban J connectivity index is 1.60. The second-order valence-corrected chi connectivity index (χ2v) is 11.1. The SMILES string of the molecule is Cc1ccc(S(=O)(=O)N(CC(=O)N[C@@H](C)c2ccc3c(c2)CCC3)c2ccc(C)c(C)c2)cc1. The van der Waals surface area contributed by atoms with E-state index in [1.165, 1.54) is 21.9 Å². The molecule has 1 atom stereocenters. The molecule has 1 N–H and O–H groups in total. The number of nitrogens with zero attached hydrogens (tertiary/aromatic N) is 1. The number of amides is 1. The first kappa shape index (κ1) is 24.0. The zero-order chi connectivity index (χ0) is 24.5. The van der Waals surface area contributed by atoms with E-state index < -0.39 is 10.0 Å². The molecule has 1 aliphatic carbocycles. The first-order chi connectivity index (χ1) is 16.1. The molecule has 0 aromatic heterocycles. The zero-order valence-electron chi connectivity index (χ0n) is 20.3. The number of aryl methyl sites for hydroxylation is 5. The molecule has 6 heteroatoms. The maximum atomic E-state index is 13.6. The van der Waals surface area contributed by atoms with Crippen LogP contribution in [0.2, 0.25) is 0 Å². The number of hydrogen-bond donors (Lipinski definition) is 1. The van der Waals surface area contributed by atoms with Gasteiger partial charge in [-0.15, -0.1) is 0 Å². The molecule has 0 bridgehead atoms. The van der Waals surface area contributed by atoms with Crippen LogP contribution in [-0.4, -0.2) is 20.9 Å². The average Bonchev–Trinajstić information content (AvgIpc) is 3.27. The highest BCUT2D eigenvalue weighted by atomic mass is 32.2. The van der Waals surface area contributed by atoms with Crippen LogP contribution in [0.25, 0.3) is 0 Å². The van der Waals surface area contributed by atoms with Crippen molar-refractivity contribution >= 4 is 21.6 Å². The van der Waals surface area contributed by atoms with E-state index >= 15 is 0 Å². The molecule has 3 aromatic rings. The van der Waals surface area contributed by atoms with Gasteiger partial charge in [0.15, 0.2) is 0 Å². The van der Waals surface area contributed by atoms with E-state index in [0.717, 1.165) is 35.1 Å². The molecule has 0 saturated heterocycles. The fraction of sp³-hybridized carbons (Fsp3) is 0.321. The number of hydrogen-bond acceptors (Lipinski definition) is 3. The second-order valence-electron chi connectivity index (χ2n) is 9.26. The molecule has 34 heavy (non-hydrogen) atoms. The highest BCUT2D eigenvalue weighted by molar-refractivity contribution is 7.92. The van der Waals surface area contributed by atoms with E-state index in [-0.39, 0.29) is 23.4 Å². The molecule has 0 spiro atoms. The Morgan fingerprint density at radius 2 is 1.62 bits per heavy atom. The summed E-state index contributed by atoms with van der Waals surface area (Å²) in [6, 6.07) is 18.3. The summed E-state index contributed by atoms with van der Waals surface area (Å²) in [6.45, 7) is 7.46. The monoisotopic (exact) mass is 476 g/mol. The van der Waals surface area contributed by atoms with Crippen LogP contribution in [0.3, 0.4) is 0 Å². The van der Waals surface area contributed by atoms with Gasteiger partial charge in [0.1, 0.15) is 6.54 Å². The lowest BCUT2D eigenvalue weighted by Gasteiger charge is -2.26. The van der Waals surface area contributed by atoms with E-state index in [0.29, 0.717) is 5.69 Å². The van der Waals surface area contributed by atoms with Gasteiger partial charge in [0.25, 0.3) is 10.0 Å². The molecule has 178 valence electrons. The number of benzene rings is 3. The second kappa shape index (κ2) is 9.63. The van der Waals surface area contributed by atoms with Crippen LogP contribution in [0.4, 0.5) is 5.69 Å². The number of carbonyl (C=O) groups excluding carboxylic acids is 1. The summed E-state index contributed by atoms with van der Waals surface area (Å²) in [5.74, 6) is -0.345. The van der Waals surface area contributed by atoms with Crippen molar-refractivity contribution in [3.05, 3.63) is 94.0 Å². The molecule has 3 aromatic carbocycles. The van der Waals surface area contributed by atoms with Crippen molar-refractivity contribution in [3.63, 3.8) is 0 Å². The van der Waals surface area contributed by atoms with Crippen LogP contribution in [0.1, 0.15) is 52.8 Å². The molecule has 0 saturated carbocycles. The third-order valence-corrected chi connectivity index (χ3v) is 8.46. The summed E-state index contributed by atoms with van der Waals surface area (Å²) in [4.78, 5) is 13.3. The molecule has 0 unspecified atom stereocenters. The van der Waals surface area contributed by atoms with E-state index in [4.69, 9.17) is 0 Å². The molecule has 1 aliphatic rings. The zero-order valence-corrected chi connectivity index (χ0v) is 21.1. The van der Waals surface area contributed by atoms with Crippen molar-refractivity contribution in [2.24, 2.45) is 0 Å². The summed E-state index contributed by atoms with van der Waals surface area (Å²) in [5, 5.41) is 3.00. The van der Waals surface area contributed by atoms with Crippen LogP contribution < -0.4 is 9.62 Å². The Labute approximate surface area is 202 Å². The Hall–Kier alpha value is -3.12. The normalized spacial score (nSPS) is 13.9. The highest BCUT2D eigenvalue weighted by Gasteiger charge is 2.28. The van der Waals surface area contributed by atoms with Gasteiger partial charge in [0.2, 0.25) is 5.91 Å². The number of carbonyl (C=O) groups is 1. The van der Waals surface area contributed by atoms with Crippen molar-refractivity contribution in [1.29, 1.82) is 0 Å². The van der Waals surface area contributed by atoms with E-state index in [9.17, 15) is 13.2 Å². The first-order valence-corrected chi connectivity index (χ1v) is 13.2. The predicted octanol–water partition coefficient (Wildman–Crippen LogP) is 5.17. The van der Waals surface area contributed by atoms with Crippen molar-refractivity contribution in [1.82, 2.24) is 5.32 Å². The number of fused-ring (bicyclic) bond motifs is 1. The lowest BCUT2D eigenvalue weighted by molar-refractivity contribution is -0.120. The van der Waals surface area contributed by atoms with Crippen LogP contribution in [0, 0.1) is 20.8 Å². The predicted molar refractivity (Wildman–Crippen MR) is 137 cm³/mol. The van der Waals surface area contributed by atoms with E-state index in [2.05, 4.69) is 23.5 Å². The van der Waals surface area contributed by atoms with Crippen LogP contribution in [-0.2, 0) is 27.7 Å². The summed E-state index contributed by atoms with van der Waals surface area (Å²) in [6.07, 6.45) is 3.35. The molecular formula is C28H32N2O3S. The summed E-state index contributed by atoms with van der Waals surface area (Å²) in [5.41, 5.74) is 7.24. The molecule has 0 aliphatic heterocycles. The lowest BCUT2D eigenvalue weighted by atomic mass is 10.0. The maximum absolute atomic E-state index is 13.6. The van der Waals surface area contributed by atoms with Gasteiger partial charge >= 0.3 is 0 Å². The van der Waals surface area contributed by atoms with E-state index in [1.807, 2.05) is 39.8 Å². The van der Waals surface area contributed by atoms with Crippen molar-refractivity contribution in [2.75, 3.05) is 10.8 Å². The topological polar surface area (TPSA) is 66.5 Å². The van der Waals surface area contributed by atoms with E-state index in [1.54, 1.807) is 30.3 Å². The van der Waals surface area contributed by atoms with Gasteiger partial charge in [-0.25, -0.2) is 8.42 Å². The Morgan fingerprint density at radius 3 is 2.32 bits per heavy atom. The van der Waals surface area contributed by atoms with Crippen LogP contribution in [0.5, 0.6) is 0 Å². The third-order valence-electron chi connectivity index (χ3n) is 6.67. The van der Waals surface area contributed by atoms with Gasteiger partial charge < -0.3 is 5.32 Å². The smallest absolute Gasteiger partial charge is 0.264 e. The van der Waals surface area contributed by atoms with Crippen molar-refractivity contribution in [2.45, 2.75) is 57.9 Å². The Kier molecular flexibility index (Phi) is 6.80. The summed E-state index contributed by atoms with van der Waals surface area (Å²) < 4.78 is 28.4. The fourth-order valence-corrected chi connectivity index (χ4v) is 5.81. The number of nitrogens with one attached hydrogen (secondary N) is 1. The van der Waals surface area contributed by atoms with Gasteiger partial charge in [0, 0.05) is 0 Å². The third kappa shape index (κ3) is 5.02. The van der Waals surface area contributed by atoms with Crippen molar-refractivity contribution in [3.8, 4) is 0 Å². The average molecular weight is 477 g/mol. The van der Waals surface area contributed by atoms with Crippen LogP contribution in [0.15, 0.2) is 65.6 Å². The molecule has 1 amide bonds. The molecule has 0 heterocycles. The van der Waals surface area contributed by atoms with Gasteiger partial charge in [-0.3, -0.25) is 9.10 Å². The highest BCUT2D eigenvalue weighted by Crippen LogP contribution is 2.27. The van der Waals surface area contributed by atoms with Gasteiger partial charge in [-0.2, -0.15) is 0 Å². The summed E-state index contributed by atoms with van der Waals surface area (Å²) >= 11 is 0. The van der Waals surface area contributed by atoms with Gasteiger partial charge in [-0.1, -0.05) is 42.0 Å². The molecular weight excluding hydrogens is 444 g/mol. The maximum Gasteiger partial charge on any atom is 0.264 e. The Bertz CT molecular complexity index is 1310. The Morgan fingerprint density at radius 1 is 0.912 bits per heavy atom. The first-order valence-electron chi connectivity index (χ1n) is 11.7. The quantitative estimate of drug-likeness (QED) is 0.511. The van der Waals surface area contributed by atoms with Gasteiger partial charge in [-0.05, 0) is 99.0 Å². The minimum Gasteiger partial charge on any atom is -0.348 e. The minimum absolute atomic E-state index is 0.163. The fourth-order valence-electron chi connectivity index (χ4n) is 4.40. The summed E-state index contributed by atoms with van der Waals surface area (Å²) in [7, 11) is -3.93. The van der Waals surface area contributed by atoms with Crippen molar-refractivity contribution < 1.29 is 13.2 Å². The number of sulfonamides is 1. The molecule has 4 rings (SSSR count). The largest absolute Gasteiger partial charge is 0.348 e. The van der Waals surface area contributed by atoms with Crippen LogP contribution >= 0.6 is 0 Å². The standard InChI is InChI=1S/C28H32N2O3S/c1-19-8-14-27(15-9-19)34(32,33)30(26-13-10-20(2)21(3)16-26)18-28(31)29-22(4)24-12-11-23-6-5-7-25(23)17-24/h8-17,22H,5-7,18H2,1-4H3,(H,29,31)/t22-/m0/s1.